The summed E-state index contributed by atoms with van der Waals surface area (Å²) in [6.07, 6.45) is 1.26. The SMILES string of the molecule is CCCCC(C(=O)N1CCCC1C(=O)Nc1ccccc1)C(O)C(=O)NO. The molecule has 4 N–H and O–H groups in total. The number of amides is 3. The van der Waals surface area contributed by atoms with E-state index in [0.29, 0.717) is 37.9 Å². The Hall–Kier alpha value is -2.45. The van der Waals surface area contributed by atoms with E-state index >= 15 is 0 Å². The van der Waals surface area contributed by atoms with E-state index in [0.717, 1.165) is 6.42 Å². The highest BCUT2D eigenvalue weighted by Gasteiger charge is 2.40. The molecular weight excluding hydrogens is 350 g/mol. The van der Waals surface area contributed by atoms with Crippen LogP contribution in [0.15, 0.2) is 30.3 Å². The van der Waals surface area contributed by atoms with Gasteiger partial charge in [-0.05, 0) is 31.4 Å². The highest BCUT2D eigenvalue weighted by Crippen LogP contribution is 2.25. The van der Waals surface area contributed by atoms with Crippen molar-refractivity contribution in [3.05, 3.63) is 30.3 Å². The molecule has 1 aromatic carbocycles. The van der Waals surface area contributed by atoms with E-state index in [2.05, 4.69) is 5.32 Å². The first-order valence-electron chi connectivity index (χ1n) is 9.28. The lowest BCUT2D eigenvalue weighted by Gasteiger charge is -2.30. The van der Waals surface area contributed by atoms with E-state index in [4.69, 9.17) is 5.21 Å². The van der Waals surface area contributed by atoms with Gasteiger partial charge in [0.25, 0.3) is 5.91 Å². The lowest BCUT2D eigenvalue weighted by molar-refractivity contribution is -0.152. The zero-order chi connectivity index (χ0) is 19.8. The van der Waals surface area contributed by atoms with Crippen LogP contribution in [0.4, 0.5) is 5.69 Å². The number of hydrogen-bond acceptors (Lipinski definition) is 5. The zero-order valence-electron chi connectivity index (χ0n) is 15.4. The summed E-state index contributed by atoms with van der Waals surface area (Å²) in [4.78, 5) is 38.7. The molecule has 8 heteroatoms. The molecule has 2 rings (SSSR count). The van der Waals surface area contributed by atoms with E-state index in [1.54, 1.807) is 24.3 Å². The number of carbonyl (C=O) groups is 3. The van der Waals surface area contributed by atoms with Crippen molar-refractivity contribution in [2.75, 3.05) is 11.9 Å². The van der Waals surface area contributed by atoms with Gasteiger partial charge in [-0.2, -0.15) is 0 Å². The Morgan fingerprint density at radius 3 is 2.59 bits per heavy atom. The molecule has 3 atom stereocenters. The van der Waals surface area contributed by atoms with Crippen LogP contribution in [-0.2, 0) is 14.4 Å². The standard InChI is InChI=1S/C19H27N3O5/c1-2-3-10-14(16(23)18(25)21-27)19(26)22-12-7-11-15(22)17(24)20-13-8-5-4-6-9-13/h4-6,8-9,14-16,23,27H,2-3,7,10-12H2,1H3,(H,20,24)(H,21,25). The quantitative estimate of drug-likeness (QED) is 0.402. The van der Waals surface area contributed by atoms with Crippen molar-refractivity contribution in [1.82, 2.24) is 10.4 Å². The highest BCUT2D eigenvalue weighted by atomic mass is 16.5. The van der Waals surface area contributed by atoms with Gasteiger partial charge in [0.1, 0.15) is 12.1 Å². The summed E-state index contributed by atoms with van der Waals surface area (Å²) in [7, 11) is 0. The smallest absolute Gasteiger partial charge is 0.272 e. The summed E-state index contributed by atoms with van der Waals surface area (Å²) >= 11 is 0. The molecule has 3 unspecified atom stereocenters. The van der Waals surface area contributed by atoms with Crippen molar-refractivity contribution in [3.8, 4) is 0 Å². The molecule has 0 aliphatic carbocycles. The third kappa shape index (κ3) is 5.27. The first-order chi connectivity index (χ1) is 13.0. The van der Waals surface area contributed by atoms with Crippen LogP contribution in [0.25, 0.3) is 0 Å². The molecule has 0 radical (unpaired) electrons. The van der Waals surface area contributed by atoms with Crippen LogP contribution in [0.5, 0.6) is 0 Å². The van der Waals surface area contributed by atoms with Crippen molar-refractivity contribution >= 4 is 23.4 Å². The molecule has 1 aliphatic heterocycles. The number of aliphatic hydroxyl groups is 1. The number of rotatable bonds is 8. The molecule has 1 aliphatic rings. The van der Waals surface area contributed by atoms with Gasteiger partial charge < -0.3 is 15.3 Å². The summed E-state index contributed by atoms with van der Waals surface area (Å²) in [5.74, 6) is -2.75. The van der Waals surface area contributed by atoms with Gasteiger partial charge in [0, 0.05) is 12.2 Å². The van der Waals surface area contributed by atoms with E-state index in [1.807, 2.05) is 13.0 Å². The van der Waals surface area contributed by atoms with Crippen molar-refractivity contribution in [2.45, 2.75) is 51.2 Å². The first kappa shape index (κ1) is 20.9. The minimum absolute atomic E-state index is 0.289. The maximum Gasteiger partial charge on any atom is 0.272 e. The topological polar surface area (TPSA) is 119 Å². The molecule has 1 saturated heterocycles. The van der Waals surface area contributed by atoms with Crippen molar-refractivity contribution in [2.24, 2.45) is 5.92 Å². The third-order valence-electron chi connectivity index (χ3n) is 4.83. The van der Waals surface area contributed by atoms with Gasteiger partial charge in [-0.3, -0.25) is 19.6 Å². The lowest BCUT2D eigenvalue weighted by Crippen LogP contribution is -2.50. The Bertz CT molecular complexity index is 652. The number of nitrogens with one attached hydrogen (secondary N) is 2. The number of likely N-dealkylation sites (tertiary alicyclic amines) is 1. The monoisotopic (exact) mass is 377 g/mol. The van der Waals surface area contributed by atoms with Crippen LogP contribution in [0.1, 0.15) is 39.0 Å². The number of para-hydroxylation sites is 1. The van der Waals surface area contributed by atoms with E-state index < -0.39 is 29.9 Å². The van der Waals surface area contributed by atoms with Crippen molar-refractivity contribution in [1.29, 1.82) is 0 Å². The number of unbranched alkanes of at least 4 members (excludes halogenated alkanes) is 1. The summed E-state index contributed by atoms with van der Waals surface area (Å²) in [6.45, 7) is 2.33. The molecule has 1 aromatic rings. The maximum atomic E-state index is 13.0. The van der Waals surface area contributed by atoms with E-state index in [9.17, 15) is 19.5 Å². The molecule has 8 nitrogen and oxygen atoms in total. The Balaban J connectivity index is 2.12. The van der Waals surface area contributed by atoms with Gasteiger partial charge in [0.05, 0.1) is 5.92 Å². The molecule has 0 saturated carbocycles. The van der Waals surface area contributed by atoms with Crippen molar-refractivity contribution < 1.29 is 24.7 Å². The third-order valence-corrected chi connectivity index (χ3v) is 4.83. The van der Waals surface area contributed by atoms with Crippen LogP contribution in [0, 0.1) is 5.92 Å². The van der Waals surface area contributed by atoms with Crippen LogP contribution < -0.4 is 10.8 Å². The number of carbonyl (C=O) groups excluding carboxylic acids is 3. The van der Waals surface area contributed by atoms with Gasteiger partial charge in [0.2, 0.25) is 11.8 Å². The van der Waals surface area contributed by atoms with Crippen LogP contribution in [0.3, 0.4) is 0 Å². The van der Waals surface area contributed by atoms with Gasteiger partial charge in [-0.15, -0.1) is 0 Å². The van der Waals surface area contributed by atoms with Gasteiger partial charge in [-0.25, -0.2) is 5.48 Å². The van der Waals surface area contributed by atoms with Gasteiger partial charge in [-0.1, -0.05) is 38.0 Å². The highest BCUT2D eigenvalue weighted by molar-refractivity contribution is 5.98. The van der Waals surface area contributed by atoms with Crippen molar-refractivity contribution in [3.63, 3.8) is 0 Å². The molecule has 0 spiro atoms. The number of hydrogen-bond donors (Lipinski definition) is 4. The lowest BCUT2D eigenvalue weighted by atomic mass is 9.93. The predicted octanol–water partition coefficient (Wildman–Crippen LogP) is 1.29. The first-order valence-corrected chi connectivity index (χ1v) is 9.28. The average Bonchev–Trinajstić information content (AvgIpc) is 3.18. The molecule has 1 fully saturated rings. The number of benzene rings is 1. The second kappa shape index (κ2) is 10.0. The van der Waals surface area contributed by atoms with E-state index in [-0.39, 0.29) is 5.91 Å². The second-order valence-electron chi connectivity index (χ2n) is 6.71. The summed E-state index contributed by atoms with van der Waals surface area (Å²) in [5.41, 5.74) is 2.04. The fourth-order valence-electron chi connectivity index (χ4n) is 3.35. The Morgan fingerprint density at radius 1 is 1.26 bits per heavy atom. The number of nitrogens with zero attached hydrogens (tertiary/aromatic N) is 1. The minimum atomic E-state index is -1.66. The summed E-state index contributed by atoms with van der Waals surface area (Å²) in [6, 6.07) is 8.32. The zero-order valence-corrected chi connectivity index (χ0v) is 15.4. The van der Waals surface area contributed by atoms with Crippen LogP contribution in [0.2, 0.25) is 0 Å². The minimum Gasteiger partial charge on any atom is -0.382 e. The molecule has 27 heavy (non-hydrogen) atoms. The van der Waals surface area contributed by atoms with Gasteiger partial charge >= 0.3 is 0 Å². The molecular formula is C19H27N3O5. The Morgan fingerprint density at radius 2 is 1.96 bits per heavy atom. The number of anilines is 1. The molecule has 1 heterocycles. The Kier molecular flexibility index (Phi) is 7.75. The Labute approximate surface area is 158 Å². The predicted molar refractivity (Wildman–Crippen MR) is 98.8 cm³/mol. The number of aliphatic hydroxyl groups excluding tert-OH is 1. The maximum absolute atomic E-state index is 13.0. The molecule has 0 aromatic heterocycles. The number of hydroxylamine groups is 1. The van der Waals surface area contributed by atoms with E-state index in [1.165, 1.54) is 10.4 Å². The summed E-state index contributed by atoms with van der Waals surface area (Å²) in [5, 5.41) is 21.8. The fourth-order valence-corrected chi connectivity index (χ4v) is 3.35. The normalized spacial score (nSPS) is 18.6. The summed E-state index contributed by atoms with van der Waals surface area (Å²) < 4.78 is 0. The molecule has 0 bridgehead atoms. The average molecular weight is 377 g/mol. The largest absolute Gasteiger partial charge is 0.382 e. The van der Waals surface area contributed by atoms with Crippen LogP contribution in [-0.4, -0.2) is 51.6 Å². The molecule has 148 valence electrons. The van der Waals surface area contributed by atoms with Gasteiger partial charge in [0.15, 0.2) is 0 Å². The second-order valence-corrected chi connectivity index (χ2v) is 6.71. The molecule has 3 amide bonds. The fraction of sp³-hybridized carbons (Fsp3) is 0.526. The van der Waals surface area contributed by atoms with Crippen LogP contribution >= 0.6 is 0 Å².